The van der Waals surface area contributed by atoms with Crippen LogP contribution in [-0.2, 0) is 11.3 Å². The summed E-state index contributed by atoms with van der Waals surface area (Å²) in [4.78, 5) is 14.2. The van der Waals surface area contributed by atoms with E-state index in [1.54, 1.807) is 6.07 Å². The van der Waals surface area contributed by atoms with Crippen molar-refractivity contribution in [1.82, 2.24) is 4.90 Å². The smallest absolute Gasteiger partial charge is 0.340 e. The molecule has 4 rings (SSSR count). The first-order valence-corrected chi connectivity index (χ1v) is 11.8. The highest BCUT2D eigenvalue weighted by Crippen LogP contribution is 2.45. The van der Waals surface area contributed by atoms with Crippen molar-refractivity contribution in [3.63, 3.8) is 0 Å². The molecule has 0 bridgehead atoms. The summed E-state index contributed by atoms with van der Waals surface area (Å²) in [5.74, 6) is 0.0944. The van der Waals surface area contributed by atoms with Gasteiger partial charge in [-0.1, -0.05) is 33.6 Å². The summed E-state index contributed by atoms with van der Waals surface area (Å²) < 4.78 is 26.2. The van der Waals surface area contributed by atoms with Gasteiger partial charge in [0.2, 0.25) is 0 Å². The van der Waals surface area contributed by atoms with Crippen LogP contribution in [0.1, 0.15) is 53.1 Å². The van der Waals surface area contributed by atoms with Crippen LogP contribution in [0, 0.1) is 11.7 Å². The zero-order valence-electron chi connectivity index (χ0n) is 17.5. The van der Waals surface area contributed by atoms with E-state index in [0.29, 0.717) is 24.2 Å². The van der Waals surface area contributed by atoms with Crippen LogP contribution in [0.3, 0.4) is 0 Å². The number of hydrogen-bond acceptors (Lipinski definition) is 4. The number of rotatable bonds is 7. The Kier molecular flexibility index (Phi) is 7.19. The first kappa shape index (κ1) is 22.6. The third kappa shape index (κ3) is 5.60. The molecule has 166 valence electrons. The van der Waals surface area contributed by atoms with E-state index in [0.717, 1.165) is 65.9 Å². The molecule has 4 nitrogen and oxygen atoms in total. The van der Waals surface area contributed by atoms with Gasteiger partial charge < -0.3 is 9.47 Å². The van der Waals surface area contributed by atoms with Crippen molar-refractivity contribution in [3.8, 4) is 5.75 Å². The normalized spacial score (nSPS) is 17.5. The SMILES string of the molecule is COC(=O)c1cc(C2CC2)c(OCC2CCN(Cc3ccc(Br)cc3Cl)CC2)cc1F. The summed E-state index contributed by atoms with van der Waals surface area (Å²) in [6.45, 7) is 3.35. The number of hydrogen-bond donors (Lipinski definition) is 0. The molecule has 2 aromatic carbocycles. The van der Waals surface area contributed by atoms with Crippen LogP contribution in [0.2, 0.25) is 5.02 Å². The number of methoxy groups -OCH3 is 1. The first-order chi connectivity index (χ1) is 14.9. The van der Waals surface area contributed by atoms with Crippen LogP contribution >= 0.6 is 27.5 Å². The van der Waals surface area contributed by atoms with E-state index in [9.17, 15) is 9.18 Å². The predicted octanol–water partition coefficient (Wildman–Crippen LogP) is 6.20. The molecule has 2 aliphatic rings. The predicted molar refractivity (Wildman–Crippen MR) is 122 cm³/mol. The van der Waals surface area contributed by atoms with Gasteiger partial charge >= 0.3 is 5.97 Å². The van der Waals surface area contributed by atoms with E-state index in [2.05, 4.69) is 26.9 Å². The number of carbonyl (C=O) groups is 1. The average molecular weight is 511 g/mol. The first-order valence-electron chi connectivity index (χ1n) is 10.7. The number of ether oxygens (including phenoxy) is 2. The van der Waals surface area contributed by atoms with Crippen LogP contribution in [0.5, 0.6) is 5.75 Å². The van der Waals surface area contributed by atoms with Crippen molar-refractivity contribution in [1.29, 1.82) is 0 Å². The number of nitrogens with zero attached hydrogens (tertiary/aromatic N) is 1. The fraction of sp³-hybridized carbons (Fsp3) is 0.458. The van der Waals surface area contributed by atoms with Gasteiger partial charge in [0.1, 0.15) is 11.6 Å². The van der Waals surface area contributed by atoms with Crippen molar-refractivity contribution in [2.45, 2.75) is 38.1 Å². The van der Waals surface area contributed by atoms with E-state index in [-0.39, 0.29) is 5.56 Å². The zero-order chi connectivity index (χ0) is 22.0. The molecule has 31 heavy (non-hydrogen) atoms. The van der Waals surface area contributed by atoms with E-state index in [4.69, 9.17) is 21.1 Å². The molecule has 0 spiro atoms. The van der Waals surface area contributed by atoms with Crippen LogP contribution in [0.15, 0.2) is 34.8 Å². The molecule has 2 fully saturated rings. The molecule has 0 aromatic heterocycles. The summed E-state index contributed by atoms with van der Waals surface area (Å²) in [6, 6.07) is 8.97. The maximum Gasteiger partial charge on any atom is 0.340 e. The summed E-state index contributed by atoms with van der Waals surface area (Å²) in [5, 5.41) is 0.782. The van der Waals surface area contributed by atoms with Gasteiger partial charge in [0.15, 0.2) is 0 Å². The molecule has 0 unspecified atom stereocenters. The van der Waals surface area contributed by atoms with E-state index < -0.39 is 11.8 Å². The minimum absolute atomic E-state index is 0.0170. The molecule has 0 radical (unpaired) electrons. The van der Waals surface area contributed by atoms with E-state index in [1.807, 2.05) is 12.1 Å². The van der Waals surface area contributed by atoms with Crippen molar-refractivity contribution >= 4 is 33.5 Å². The maximum atomic E-state index is 14.4. The molecular weight excluding hydrogens is 485 g/mol. The minimum atomic E-state index is -0.649. The molecule has 0 N–H and O–H groups in total. The lowest BCUT2D eigenvalue weighted by Gasteiger charge is -2.32. The molecule has 1 saturated heterocycles. The van der Waals surface area contributed by atoms with E-state index in [1.165, 1.54) is 13.2 Å². The van der Waals surface area contributed by atoms with Gasteiger partial charge in [0, 0.05) is 22.1 Å². The Labute approximate surface area is 195 Å². The highest BCUT2D eigenvalue weighted by Gasteiger charge is 2.30. The van der Waals surface area contributed by atoms with Crippen molar-refractivity contribution < 1.29 is 18.7 Å². The second-order valence-electron chi connectivity index (χ2n) is 8.40. The van der Waals surface area contributed by atoms with Gasteiger partial charge in [-0.05, 0) is 79.9 Å². The lowest BCUT2D eigenvalue weighted by atomic mass is 9.97. The van der Waals surface area contributed by atoms with Crippen LogP contribution in [0.25, 0.3) is 0 Å². The Hall–Kier alpha value is -1.63. The lowest BCUT2D eigenvalue weighted by Crippen LogP contribution is -2.35. The van der Waals surface area contributed by atoms with Gasteiger partial charge in [0.05, 0.1) is 19.3 Å². The highest BCUT2D eigenvalue weighted by molar-refractivity contribution is 9.10. The van der Waals surface area contributed by atoms with Crippen molar-refractivity contribution in [3.05, 3.63) is 62.3 Å². The number of likely N-dealkylation sites (tertiary alicyclic amines) is 1. The Morgan fingerprint density at radius 3 is 2.58 bits per heavy atom. The molecule has 2 aromatic rings. The molecule has 1 saturated carbocycles. The van der Waals surface area contributed by atoms with Gasteiger partial charge in [-0.2, -0.15) is 0 Å². The van der Waals surface area contributed by atoms with Gasteiger partial charge in [-0.3, -0.25) is 4.90 Å². The second kappa shape index (κ2) is 9.88. The molecule has 0 amide bonds. The third-order valence-electron chi connectivity index (χ3n) is 6.11. The molecule has 1 heterocycles. The monoisotopic (exact) mass is 509 g/mol. The fourth-order valence-electron chi connectivity index (χ4n) is 4.09. The number of piperidine rings is 1. The number of halogens is 3. The Bertz CT molecular complexity index is 958. The van der Waals surface area contributed by atoms with Crippen molar-refractivity contribution in [2.24, 2.45) is 5.92 Å². The van der Waals surface area contributed by atoms with Crippen molar-refractivity contribution in [2.75, 3.05) is 26.8 Å². The molecule has 0 atom stereocenters. The largest absolute Gasteiger partial charge is 0.493 e. The number of carbonyl (C=O) groups excluding carboxylic acids is 1. The Morgan fingerprint density at radius 2 is 1.94 bits per heavy atom. The fourth-order valence-corrected chi connectivity index (χ4v) is 4.82. The molecule has 1 aliphatic heterocycles. The summed E-state index contributed by atoms with van der Waals surface area (Å²) in [7, 11) is 1.26. The van der Waals surface area contributed by atoms with Gasteiger partial charge in [-0.25, -0.2) is 9.18 Å². The number of benzene rings is 2. The Morgan fingerprint density at radius 1 is 1.19 bits per heavy atom. The summed E-state index contributed by atoms with van der Waals surface area (Å²) in [6.07, 6.45) is 4.13. The standard InChI is InChI=1S/C24H26BrClFNO3/c1-30-24(29)20-11-19(16-2-3-16)23(12-22(20)27)31-14-15-6-8-28(9-7-15)13-17-4-5-18(25)10-21(17)26/h4-5,10-12,15-16H,2-3,6-9,13-14H2,1H3. The highest BCUT2D eigenvalue weighted by atomic mass is 79.9. The second-order valence-corrected chi connectivity index (χ2v) is 9.72. The third-order valence-corrected chi connectivity index (χ3v) is 6.96. The quantitative estimate of drug-likeness (QED) is 0.416. The summed E-state index contributed by atoms with van der Waals surface area (Å²) >= 11 is 9.80. The lowest BCUT2D eigenvalue weighted by molar-refractivity contribution is 0.0595. The molecule has 1 aliphatic carbocycles. The topological polar surface area (TPSA) is 38.8 Å². The summed E-state index contributed by atoms with van der Waals surface area (Å²) in [5.41, 5.74) is 2.04. The molecular formula is C24H26BrClFNO3. The minimum Gasteiger partial charge on any atom is -0.493 e. The number of esters is 1. The molecule has 7 heteroatoms. The maximum absolute atomic E-state index is 14.4. The van der Waals surface area contributed by atoms with Gasteiger partial charge in [-0.15, -0.1) is 0 Å². The van der Waals surface area contributed by atoms with E-state index >= 15 is 0 Å². The Balaban J connectivity index is 1.33. The van der Waals surface area contributed by atoms with Gasteiger partial charge in [0.25, 0.3) is 0 Å². The average Bonchev–Trinajstić information content (AvgIpc) is 3.60. The van der Waals surface area contributed by atoms with Crippen LogP contribution in [-0.4, -0.2) is 37.7 Å². The van der Waals surface area contributed by atoms with Crippen LogP contribution < -0.4 is 4.74 Å². The van der Waals surface area contributed by atoms with Crippen LogP contribution in [0.4, 0.5) is 4.39 Å². The zero-order valence-corrected chi connectivity index (χ0v) is 19.8.